The molecule has 0 unspecified atom stereocenters. The maximum Gasteiger partial charge on any atom is 0.416 e. The van der Waals surface area contributed by atoms with E-state index in [0.29, 0.717) is 17.5 Å². The summed E-state index contributed by atoms with van der Waals surface area (Å²) in [5.74, 6) is -0.130. The average molecular weight is 495 g/mol. The molecule has 0 saturated carbocycles. The number of rotatable bonds is 5. The molecule has 1 saturated heterocycles. The molecule has 5 nitrogen and oxygen atoms in total. The van der Waals surface area contributed by atoms with Crippen LogP contribution in [0.1, 0.15) is 17.5 Å². The summed E-state index contributed by atoms with van der Waals surface area (Å²) in [6, 6.07) is 9.37. The third-order valence-corrected chi connectivity index (χ3v) is 7.60. The third-order valence-electron chi connectivity index (χ3n) is 4.98. The van der Waals surface area contributed by atoms with Crippen molar-refractivity contribution in [3.63, 3.8) is 0 Å². The van der Waals surface area contributed by atoms with Crippen LogP contribution in [-0.4, -0.2) is 49.7 Å². The zero-order valence-corrected chi connectivity index (χ0v) is 18.5. The van der Waals surface area contributed by atoms with Gasteiger partial charge < -0.3 is 4.90 Å². The standard InChI is InChI=1S/C20H19Cl2F3N2O3S/c21-16-3-1-2-14(12-16)4-7-19(28)26-8-10-27(11-9-26)31(29,30)18-13-15(20(23,24)25)5-6-17(18)22/h1-3,5-6,12-13H,4,7-11H2. The highest BCUT2D eigenvalue weighted by Gasteiger charge is 2.35. The second-order valence-corrected chi connectivity index (χ2v) is 9.81. The van der Waals surface area contributed by atoms with Crippen molar-refractivity contribution >= 4 is 39.1 Å². The van der Waals surface area contributed by atoms with Crippen LogP contribution < -0.4 is 0 Å². The molecule has 0 radical (unpaired) electrons. The number of carbonyl (C=O) groups is 1. The minimum Gasteiger partial charge on any atom is -0.340 e. The molecule has 11 heteroatoms. The van der Waals surface area contributed by atoms with E-state index in [4.69, 9.17) is 23.2 Å². The van der Waals surface area contributed by atoms with Crippen LogP contribution in [0.3, 0.4) is 0 Å². The maximum absolute atomic E-state index is 13.0. The molecule has 0 aliphatic carbocycles. The normalized spacial score (nSPS) is 15.8. The molecule has 0 bridgehead atoms. The molecule has 31 heavy (non-hydrogen) atoms. The first-order chi connectivity index (χ1) is 14.5. The van der Waals surface area contributed by atoms with E-state index in [9.17, 15) is 26.4 Å². The summed E-state index contributed by atoms with van der Waals surface area (Å²) < 4.78 is 65.7. The number of benzene rings is 2. The lowest BCUT2D eigenvalue weighted by Gasteiger charge is -2.34. The molecule has 1 aliphatic rings. The monoisotopic (exact) mass is 494 g/mol. The first kappa shape index (κ1) is 23.8. The van der Waals surface area contributed by atoms with Gasteiger partial charge in [-0.1, -0.05) is 35.3 Å². The Labute approximate surface area is 188 Å². The Morgan fingerprint density at radius 1 is 1.00 bits per heavy atom. The molecule has 2 aromatic rings. The van der Waals surface area contributed by atoms with E-state index >= 15 is 0 Å². The zero-order chi connectivity index (χ0) is 22.8. The summed E-state index contributed by atoms with van der Waals surface area (Å²) in [5.41, 5.74) is -0.174. The van der Waals surface area contributed by atoms with Crippen molar-refractivity contribution in [2.24, 2.45) is 0 Å². The van der Waals surface area contributed by atoms with Gasteiger partial charge in [0.15, 0.2) is 0 Å². The quantitative estimate of drug-likeness (QED) is 0.615. The number of piperazine rings is 1. The Bertz CT molecular complexity index is 1070. The van der Waals surface area contributed by atoms with Crippen LogP contribution >= 0.6 is 23.2 Å². The van der Waals surface area contributed by atoms with Gasteiger partial charge in [0.05, 0.1) is 10.6 Å². The van der Waals surface area contributed by atoms with E-state index in [-0.39, 0.29) is 43.5 Å². The van der Waals surface area contributed by atoms with Crippen LogP contribution in [0.2, 0.25) is 10.0 Å². The lowest BCUT2D eigenvalue weighted by molar-refractivity contribution is -0.137. The van der Waals surface area contributed by atoms with Gasteiger partial charge in [-0.2, -0.15) is 17.5 Å². The van der Waals surface area contributed by atoms with Crippen molar-refractivity contribution in [1.82, 2.24) is 9.21 Å². The molecule has 0 atom stereocenters. The maximum atomic E-state index is 13.0. The van der Waals surface area contributed by atoms with Gasteiger partial charge in [0, 0.05) is 37.6 Å². The van der Waals surface area contributed by atoms with E-state index in [1.165, 1.54) is 0 Å². The van der Waals surface area contributed by atoms with Crippen LogP contribution in [0.4, 0.5) is 13.2 Å². The Kier molecular flexibility index (Phi) is 7.20. The van der Waals surface area contributed by atoms with Gasteiger partial charge >= 0.3 is 6.18 Å². The SMILES string of the molecule is O=C(CCc1cccc(Cl)c1)N1CCN(S(=O)(=O)c2cc(C(F)(F)F)ccc2Cl)CC1. The van der Waals surface area contributed by atoms with Crippen LogP contribution in [0.5, 0.6) is 0 Å². The third kappa shape index (κ3) is 5.71. The number of hydrogen-bond acceptors (Lipinski definition) is 3. The summed E-state index contributed by atoms with van der Waals surface area (Å²) in [5, 5.41) is 0.296. The molecule has 1 fully saturated rings. The van der Waals surface area contributed by atoms with Gasteiger partial charge in [-0.25, -0.2) is 8.42 Å². The second-order valence-electron chi connectivity index (χ2n) is 7.06. The van der Waals surface area contributed by atoms with Crippen molar-refractivity contribution in [2.45, 2.75) is 23.9 Å². The number of hydrogen-bond donors (Lipinski definition) is 0. The molecular formula is C20H19Cl2F3N2O3S. The number of sulfonamides is 1. The Morgan fingerprint density at radius 2 is 1.68 bits per heavy atom. The average Bonchev–Trinajstić information content (AvgIpc) is 2.71. The highest BCUT2D eigenvalue weighted by atomic mass is 35.5. The molecule has 0 spiro atoms. The Morgan fingerprint density at radius 3 is 2.29 bits per heavy atom. The molecular weight excluding hydrogens is 476 g/mol. The molecule has 1 amide bonds. The topological polar surface area (TPSA) is 57.7 Å². The lowest BCUT2D eigenvalue weighted by atomic mass is 10.1. The van der Waals surface area contributed by atoms with Crippen molar-refractivity contribution in [2.75, 3.05) is 26.2 Å². The van der Waals surface area contributed by atoms with E-state index in [2.05, 4.69) is 0 Å². The largest absolute Gasteiger partial charge is 0.416 e. The summed E-state index contributed by atoms with van der Waals surface area (Å²) >= 11 is 11.8. The van der Waals surface area contributed by atoms with Gasteiger partial charge in [-0.3, -0.25) is 4.79 Å². The summed E-state index contributed by atoms with van der Waals surface area (Å²) in [6.07, 6.45) is -3.95. The van der Waals surface area contributed by atoms with Gasteiger partial charge in [-0.15, -0.1) is 0 Å². The zero-order valence-electron chi connectivity index (χ0n) is 16.2. The molecule has 1 aliphatic heterocycles. The smallest absolute Gasteiger partial charge is 0.340 e. The number of aryl methyl sites for hydroxylation is 1. The van der Waals surface area contributed by atoms with E-state index in [0.717, 1.165) is 22.0 Å². The fourth-order valence-corrected chi connectivity index (χ4v) is 5.43. The van der Waals surface area contributed by atoms with Gasteiger partial charge in [0.25, 0.3) is 0 Å². The first-order valence-corrected chi connectivity index (χ1v) is 11.6. The predicted octanol–water partition coefficient (Wildman–Crippen LogP) is 4.48. The summed E-state index contributed by atoms with van der Waals surface area (Å²) in [4.78, 5) is 13.4. The summed E-state index contributed by atoms with van der Waals surface area (Å²) in [7, 11) is -4.24. The Balaban J connectivity index is 1.64. The van der Waals surface area contributed by atoms with Crippen LogP contribution in [0.25, 0.3) is 0 Å². The highest BCUT2D eigenvalue weighted by Crippen LogP contribution is 2.34. The highest BCUT2D eigenvalue weighted by molar-refractivity contribution is 7.89. The minimum atomic E-state index is -4.69. The van der Waals surface area contributed by atoms with Gasteiger partial charge in [0.2, 0.25) is 15.9 Å². The first-order valence-electron chi connectivity index (χ1n) is 9.37. The number of carbonyl (C=O) groups excluding carboxylic acids is 1. The molecule has 0 N–H and O–H groups in total. The number of amides is 1. The predicted molar refractivity (Wildman–Crippen MR) is 112 cm³/mol. The van der Waals surface area contributed by atoms with Gasteiger partial charge in [-0.05, 0) is 42.3 Å². The molecule has 2 aromatic carbocycles. The fraction of sp³-hybridized carbons (Fsp3) is 0.350. The molecule has 3 rings (SSSR count). The van der Waals surface area contributed by atoms with Crippen molar-refractivity contribution in [3.8, 4) is 0 Å². The van der Waals surface area contributed by atoms with E-state index < -0.39 is 26.7 Å². The van der Waals surface area contributed by atoms with Crippen molar-refractivity contribution < 1.29 is 26.4 Å². The van der Waals surface area contributed by atoms with Crippen LogP contribution in [0, 0.1) is 0 Å². The molecule has 1 heterocycles. The van der Waals surface area contributed by atoms with Gasteiger partial charge in [0.1, 0.15) is 4.90 Å². The van der Waals surface area contributed by atoms with E-state index in [1.807, 2.05) is 6.07 Å². The van der Waals surface area contributed by atoms with Crippen molar-refractivity contribution in [3.05, 3.63) is 63.6 Å². The number of alkyl halides is 3. The fourth-order valence-electron chi connectivity index (χ4n) is 3.30. The second kappa shape index (κ2) is 9.36. The number of nitrogens with zero attached hydrogens (tertiary/aromatic N) is 2. The lowest BCUT2D eigenvalue weighted by Crippen LogP contribution is -2.50. The van der Waals surface area contributed by atoms with Crippen LogP contribution in [0.15, 0.2) is 47.4 Å². The van der Waals surface area contributed by atoms with Crippen molar-refractivity contribution in [1.29, 1.82) is 0 Å². The van der Waals surface area contributed by atoms with E-state index in [1.54, 1.807) is 23.1 Å². The Hall–Kier alpha value is -1.81. The molecule has 0 aromatic heterocycles. The number of halogens is 5. The summed E-state index contributed by atoms with van der Waals surface area (Å²) in [6.45, 7) is 0.226. The molecule has 168 valence electrons. The minimum absolute atomic E-state index is 0.0299. The van der Waals surface area contributed by atoms with Crippen LogP contribution in [-0.2, 0) is 27.4 Å².